The van der Waals surface area contributed by atoms with E-state index in [4.69, 9.17) is 0 Å². The minimum absolute atomic E-state index is 0.0827. The molecule has 0 saturated carbocycles. The number of nitro benzene ring substituents is 1. The zero-order valence-corrected chi connectivity index (χ0v) is 12.3. The number of nitrogens with zero attached hydrogens (tertiary/aromatic N) is 4. The van der Waals surface area contributed by atoms with Gasteiger partial charge < -0.3 is 9.72 Å². The number of rotatable bonds is 4. The molecule has 3 aromatic rings. The molecule has 21 heavy (non-hydrogen) atoms. The second kappa shape index (κ2) is 5.49. The van der Waals surface area contributed by atoms with E-state index in [2.05, 4.69) is 31.2 Å². The molecule has 2 aromatic heterocycles. The predicted octanol–water partition coefficient (Wildman–Crippen LogP) is 3.01. The molecule has 0 amide bonds. The highest BCUT2D eigenvalue weighted by atomic mass is 79.9. The number of imidazole rings is 1. The smallest absolute Gasteiger partial charge is 0.274 e. The molecular formula is C13H10BrN5O2. The first kappa shape index (κ1) is 13.5. The summed E-state index contributed by atoms with van der Waals surface area (Å²) in [6.45, 7) is 0.295. The summed E-state index contributed by atoms with van der Waals surface area (Å²) in [5.74, 6) is 0.563. The van der Waals surface area contributed by atoms with E-state index in [1.165, 1.54) is 6.07 Å². The van der Waals surface area contributed by atoms with Gasteiger partial charge in [0.15, 0.2) is 11.5 Å². The Kier molecular flexibility index (Phi) is 3.53. The summed E-state index contributed by atoms with van der Waals surface area (Å²) in [6.07, 6.45) is 5.26. The topological polar surface area (TPSA) is 85.4 Å². The number of hydrogen-bond donors (Lipinski definition) is 1. The largest absolute Gasteiger partial charge is 0.363 e. The van der Waals surface area contributed by atoms with Gasteiger partial charge in [-0.2, -0.15) is 0 Å². The van der Waals surface area contributed by atoms with Crippen LogP contribution in [0, 0.1) is 10.1 Å². The van der Waals surface area contributed by atoms with Crippen LogP contribution in [0.5, 0.6) is 0 Å². The van der Waals surface area contributed by atoms with Gasteiger partial charge in [-0.1, -0.05) is 18.2 Å². The fraction of sp³-hybridized carbons (Fsp3) is 0.0769. The maximum absolute atomic E-state index is 11.0. The van der Waals surface area contributed by atoms with Crippen molar-refractivity contribution in [3.63, 3.8) is 0 Å². The molecule has 0 atom stereocenters. The second-order valence-electron chi connectivity index (χ2n) is 4.31. The molecule has 106 valence electrons. The Morgan fingerprint density at radius 2 is 2.19 bits per heavy atom. The maximum Gasteiger partial charge on any atom is 0.274 e. The first-order chi connectivity index (χ1) is 10.1. The van der Waals surface area contributed by atoms with Crippen LogP contribution in [0.2, 0.25) is 0 Å². The van der Waals surface area contributed by atoms with Crippen molar-refractivity contribution < 1.29 is 4.92 Å². The SMILES string of the molecule is O=[N+]([O-])c1ccccc1CNc1nc(Br)cn2ccnc12. The fourth-order valence-electron chi connectivity index (χ4n) is 2.04. The van der Waals surface area contributed by atoms with Gasteiger partial charge in [0, 0.05) is 36.8 Å². The number of para-hydroxylation sites is 1. The van der Waals surface area contributed by atoms with Crippen LogP contribution in [0.4, 0.5) is 11.5 Å². The highest BCUT2D eigenvalue weighted by molar-refractivity contribution is 9.10. The lowest BCUT2D eigenvalue weighted by Gasteiger charge is -2.08. The summed E-state index contributed by atoms with van der Waals surface area (Å²) in [5.41, 5.74) is 1.34. The number of anilines is 1. The lowest BCUT2D eigenvalue weighted by molar-refractivity contribution is -0.385. The number of nitrogens with one attached hydrogen (secondary N) is 1. The molecule has 1 N–H and O–H groups in total. The van der Waals surface area contributed by atoms with Gasteiger partial charge in [0.1, 0.15) is 4.60 Å². The molecule has 1 aromatic carbocycles. The van der Waals surface area contributed by atoms with Crippen molar-refractivity contribution in [2.75, 3.05) is 5.32 Å². The van der Waals surface area contributed by atoms with Crippen LogP contribution in [0.3, 0.4) is 0 Å². The molecule has 0 bridgehead atoms. The minimum atomic E-state index is -0.392. The molecule has 0 spiro atoms. The van der Waals surface area contributed by atoms with E-state index in [0.717, 1.165) is 0 Å². The third-order valence-corrected chi connectivity index (χ3v) is 3.36. The standard InChI is InChI=1S/C13H10BrN5O2/c14-11-8-18-6-5-15-13(18)12(17-11)16-7-9-3-1-2-4-10(9)19(20)21/h1-6,8H,7H2,(H,16,17). The molecular weight excluding hydrogens is 338 g/mol. The van der Waals surface area contributed by atoms with Crippen LogP contribution in [0.1, 0.15) is 5.56 Å². The van der Waals surface area contributed by atoms with Gasteiger partial charge in [0.05, 0.1) is 4.92 Å². The fourth-order valence-corrected chi connectivity index (χ4v) is 2.43. The third kappa shape index (κ3) is 2.70. The summed E-state index contributed by atoms with van der Waals surface area (Å²) in [5, 5.41) is 14.1. The van der Waals surface area contributed by atoms with E-state index in [9.17, 15) is 10.1 Å². The summed E-state index contributed by atoms with van der Waals surface area (Å²) >= 11 is 3.32. The second-order valence-corrected chi connectivity index (χ2v) is 5.12. The van der Waals surface area contributed by atoms with Gasteiger partial charge in [-0.05, 0) is 15.9 Å². The van der Waals surface area contributed by atoms with Crippen molar-refractivity contribution >= 4 is 33.1 Å². The normalized spacial score (nSPS) is 10.7. The molecule has 0 unspecified atom stereocenters. The van der Waals surface area contributed by atoms with Crippen LogP contribution < -0.4 is 5.32 Å². The number of nitro groups is 1. The minimum Gasteiger partial charge on any atom is -0.363 e. The summed E-state index contributed by atoms with van der Waals surface area (Å²) in [6, 6.07) is 6.61. The van der Waals surface area contributed by atoms with Gasteiger partial charge in [0.25, 0.3) is 5.69 Å². The van der Waals surface area contributed by atoms with Crippen molar-refractivity contribution in [3.05, 3.63) is 63.1 Å². The van der Waals surface area contributed by atoms with Crippen molar-refractivity contribution in [3.8, 4) is 0 Å². The highest BCUT2D eigenvalue weighted by Gasteiger charge is 2.13. The molecule has 0 aliphatic heterocycles. The molecule has 0 saturated heterocycles. The molecule has 3 rings (SSSR count). The monoisotopic (exact) mass is 347 g/mol. The Morgan fingerprint density at radius 3 is 3.00 bits per heavy atom. The van der Waals surface area contributed by atoms with Gasteiger partial charge in [-0.3, -0.25) is 10.1 Å². The maximum atomic E-state index is 11.0. The molecule has 0 aliphatic rings. The van der Waals surface area contributed by atoms with Gasteiger partial charge >= 0.3 is 0 Å². The lowest BCUT2D eigenvalue weighted by Crippen LogP contribution is -2.06. The zero-order valence-electron chi connectivity index (χ0n) is 10.7. The van der Waals surface area contributed by atoms with Gasteiger partial charge in [-0.25, -0.2) is 9.97 Å². The average Bonchev–Trinajstić information content (AvgIpc) is 2.93. The Labute approximate surface area is 127 Å². The van der Waals surface area contributed by atoms with E-state index in [1.807, 2.05) is 4.40 Å². The first-order valence-corrected chi connectivity index (χ1v) is 6.90. The summed E-state index contributed by atoms with van der Waals surface area (Å²) < 4.78 is 2.47. The van der Waals surface area contributed by atoms with E-state index < -0.39 is 4.92 Å². The lowest BCUT2D eigenvalue weighted by atomic mass is 10.2. The summed E-state index contributed by atoms with van der Waals surface area (Å²) in [7, 11) is 0. The average molecular weight is 348 g/mol. The summed E-state index contributed by atoms with van der Waals surface area (Å²) in [4.78, 5) is 19.1. The van der Waals surface area contributed by atoms with E-state index in [1.54, 1.807) is 36.8 Å². The molecule has 0 aliphatic carbocycles. The number of aromatic nitrogens is 3. The Bertz CT molecular complexity index is 817. The van der Waals surface area contributed by atoms with Crippen LogP contribution in [-0.2, 0) is 6.54 Å². The molecule has 0 radical (unpaired) electrons. The number of fused-ring (bicyclic) bond motifs is 1. The van der Waals surface area contributed by atoms with E-state index >= 15 is 0 Å². The van der Waals surface area contributed by atoms with Crippen LogP contribution in [0.15, 0.2) is 47.5 Å². The Hall–Kier alpha value is -2.48. The Balaban J connectivity index is 1.90. The highest BCUT2D eigenvalue weighted by Crippen LogP contribution is 2.21. The van der Waals surface area contributed by atoms with E-state index in [-0.39, 0.29) is 5.69 Å². The number of hydrogen-bond acceptors (Lipinski definition) is 5. The van der Waals surface area contributed by atoms with Crippen molar-refractivity contribution in [2.45, 2.75) is 6.54 Å². The third-order valence-electron chi connectivity index (χ3n) is 2.98. The number of benzene rings is 1. The van der Waals surface area contributed by atoms with Crippen molar-refractivity contribution in [2.24, 2.45) is 0 Å². The first-order valence-electron chi connectivity index (χ1n) is 6.10. The number of halogens is 1. The predicted molar refractivity (Wildman–Crippen MR) is 81.1 cm³/mol. The molecule has 8 heteroatoms. The van der Waals surface area contributed by atoms with Gasteiger partial charge in [-0.15, -0.1) is 0 Å². The van der Waals surface area contributed by atoms with Crippen molar-refractivity contribution in [1.29, 1.82) is 0 Å². The van der Waals surface area contributed by atoms with Crippen LogP contribution in [-0.4, -0.2) is 19.3 Å². The van der Waals surface area contributed by atoms with E-state index in [0.29, 0.717) is 28.2 Å². The quantitative estimate of drug-likeness (QED) is 0.579. The zero-order chi connectivity index (χ0) is 14.8. The molecule has 2 heterocycles. The van der Waals surface area contributed by atoms with Gasteiger partial charge in [0.2, 0.25) is 0 Å². The Morgan fingerprint density at radius 1 is 1.38 bits per heavy atom. The molecule has 0 fully saturated rings. The van der Waals surface area contributed by atoms with Crippen LogP contribution in [0.25, 0.3) is 5.65 Å². The van der Waals surface area contributed by atoms with Crippen LogP contribution >= 0.6 is 15.9 Å². The van der Waals surface area contributed by atoms with Crippen molar-refractivity contribution in [1.82, 2.24) is 14.4 Å². The molecule has 7 nitrogen and oxygen atoms in total.